The number of hydrogen-bond donors (Lipinski definition) is 3. The van der Waals surface area contributed by atoms with Crippen LogP contribution in [0.1, 0.15) is 10.4 Å². The number of carboxylic acid groups (broad SMARTS) is 1. The Bertz CT molecular complexity index is 526. The molecule has 9 heteroatoms. The zero-order valence-electron chi connectivity index (χ0n) is 8.17. The maximum absolute atomic E-state index is 11.1. The number of nitrogens with two attached hydrogens (primary N) is 1. The number of rotatable bonds is 2. The molecule has 0 spiro atoms. The maximum atomic E-state index is 11.1. The van der Waals surface area contributed by atoms with E-state index in [-0.39, 0.29) is 51.4 Å². The van der Waals surface area contributed by atoms with Gasteiger partial charge in [-0.05, 0) is 12.1 Å². The Morgan fingerprint density at radius 2 is 1.88 bits per heavy atom. The van der Waals surface area contributed by atoms with Crippen molar-refractivity contribution < 1.29 is 79.4 Å². The summed E-state index contributed by atoms with van der Waals surface area (Å²) in [5.74, 6) is -2.60. The van der Waals surface area contributed by atoms with Crippen LogP contribution in [0.5, 0.6) is 5.75 Å². The van der Waals surface area contributed by atoms with Gasteiger partial charge in [-0.1, -0.05) is 5.75 Å². The molecule has 0 aliphatic rings. The number of carboxylic acids is 1. The molecule has 0 heterocycles. The van der Waals surface area contributed by atoms with Gasteiger partial charge in [0.25, 0.3) is 10.1 Å². The van der Waals surface area contributed by atoms with E-state index in [0.29, 0.717) is 12.1 Å². The van der Waals surface area contributed by atoms with Crippen LogP contribution in [-0.2, 0) is 10.1 Å². The molecule has 7 nitrogen and oxygen atoms in total. The van der Waals surface area contributed by atoms with Crippen LogP contribution in [0.25, 0.3) is 0 Å². The molecule has 0 aromatic heterocycles. The molecule has 0 aliphatic carbocycles. The van der Waals surface area contributed by atoms with Crippen molar-refractivity contribution in [1.29, 1.82) is 0 Å². The van der Waals surface area contributed by atoms with E-state index in [1.165, 1.54) is 0 Å². The molecule has 0 radical (unpaired) electrons. The van der Waals surface area contributed by atoms with E-state index in [1.54, 1.807) is 0 Å². The van der Waals surface area contributed by atoms with Crippen LogP contribution in [0, 0.1) is 0 Å². The summed E-state index contributed by atoms with van der Waals surface area (Å²) in [6, 6.07) is 1.25. The van der Waals surface area contributed by atoms with E-state index in [2.05, 4.69) is 0 Å². The summed E-state index contributed by atoms with van der Waals surface area (Å²) < 4.78 is 30.0. The van der Waals surface area contributed by atoms with Gasteiger partial charge in [-0.3, -0.25) is 4.55 Å². The van der Waals surface area contributed by atoms with Gasteiger partial charge in [-0.25, -0.2) is 4.79 Å². The summed E-state index contributed by atoms with van der Waals surface area (Å²) in [4.78, 5) is 9.80. The molecular weight excluding hydrogens is 265 g/mol. The third kappa shape index (κ3) is 3.42. The molecule has 0 bridgehead atoms. The smallest absolute Gasteiger partial charge is 0.870 e. The normalized spacial score (nSPS) is 10.6. The first-order chi connectivity index (χ1) is 6.73. The maximum Gasteiger partial charge on any atom is 1.00 e. The summed E-state index contributed by atoms with van der Waals surface area (Å²) in [6.07, 6.45) is 0. The Hall–Kier alpha value is -0.164. The SMILES string of the molecule is Nc1cc(S(=O)(=O)O)cc(C(=O)O)c1[O-].[K+]. The average molecular weight is 271 g/mol. The Balaban J connectivity index is 0.00000225. The van der Waals surface area contributed by atoms with E-state index in [0.717, 1.165) is 0 Å². The Morgan fingerprint density at radius 1 is 1.38 bits per heavy atom. The molecule has 16 heavy (non-hydrogen) atoms. The zero-order valence-corrected chi connectivity index (χ0v) is 12.1. The van der Waals surface area contributed by atoms with Crippen LogP contribution in [-0.4, -0.2) is 24.0 Å². The molecule has 0 saturated heterocycles. The number of anilines is 1. The molecule has 4 N–H and O–H groups in total. The van der Waals surface area contributed by atoms with Crippen LogP contribution in [0.2, 0.25) is 0 Å². The molecule has 0 fully saturated rings. The van der Waals surface area contributed by atoms with Crippen molar-refractivity contribution in [3.8, 4) is 5.75 Å². The quantitative estimate of drug-likeness (QED) is 0.285. The summed E-state index contributed by atoms with van der Waals surface area (Å²) in [5.41, 5.74) is 3.75. The average Bonchev–Trinajstić information content (AvgIpc) is 2.06. The van der Waals surface area contributed by atoms with Crippen molar-refractivity contribution in [1.82, 2.24) is 0 Å². The van der Waals surface area contributed by atoms with Gasteiger partial charge in [0.2, 0.25) is 0 Å². The third-order valence-corrected chi connectivity index (χ3v) is 2.45. The Kier molecular flexibility index (Phi) is 5.39. The van der Waals surface area contributed by atoms with E-state index >= 15 is 0 Å². The molecule has 0 aliphatic heterocycles. The van der Waals surface area contributed by atoms with Gasteiger partial charge < -0.3 is 15.9 Å². The minimum absolute atomic E-state index is 0. The second-order valence-electron chi connectivity index (χ2n) is 2.67. The van der Waals surface area contributed by atoms with Gasteiger partial charge in [0.05, 0.1) is 10.5 Å². The fourth-order valence-corrected chi connectivity index (χ4v) is 1.47. The van der Waals surface area contributed by atoms with Gasteiger partial charge in [-0.15, -0.1) is 0 Å². The van der Waals surface area contributed by atoms with Crippen molar-refractivity contribution in [2.45, 2.75) is 4.90 Å². The molecule has 1 aromatic carbocycles. The summed E-state index contributed by atoms with van der Waals surface area (Å²) in [6.45, 7) is 0. The second kappa shape index (κ2) is 5.45. The number of hydrogen-bond acceptors (Lipinski definition) is 5. The topological polar surface area (TPSA) is 141 Å². The first-order valence-electron chi connectivity index (χ1n) is 3.55. The van der Waals surface area contributed by atoms with Crippen molar-refractivity contribution in [2.24, 2.45) is 0 Å². The molecule has 0 amide bonds. The predicted molar refractivity (Wildman–Crippen MR) is 47.1 cm³/mol. The number of benzene rings is 1. The molecule has 0 saturated carbocycles. The van der Waals surface area contributed by atoms with Crippen LogP contribution >= 0.6 is 0 Å². The molecule has 82 valence electrons. The number of carbonyl (C=O) groups is 1. The minimum Gasteiger partial charge on any atom is -0.870 e. The predicted octanol–water partition coefficient (Wildman–Crippen LogP) is -3.71. The van der Waals surface area contributed by atoms with Crippen LogP contribution in [0.4, 0.5) is 5.69 Å². The molecule has 1 rings (SSSR count). The van der Waals surface area contributed by atoms with Gasteiger partial charge in [0.15, 0.2) is 0 Å². The summed E-state index contributed by atoms with van der Waals surface area (Å²) in [5, 5.41) is 19.7. The molecule has 0 atom stereocenters. The van der Waals surface area contributed by atoms with Gasteiger partial charge in [0, 0.05) is 5.69 Å². The van der Waals surface area contributed by atoms with Crippen molar-refractivity contribution in [2.75, 3.05) is 5.73 Å². The van der Waals surface area contributed by atoms with Gasteiger partial charge in [-0.2, -0.15) is 8.42 Å². The minimum atomic E-state index is -4.58. The largest absolute Gasteiger partial charge is 1.00 e. The Morgan fingerprint density at radius 3 is 2.25 bits per heavy atom. The van der Waals surface area contributed by atoms with E-state index in [1.807, 2.05) is 0 Å². The van der Waals surface area contributed by atoms with Crippen LogP contribution in [0.3, 0.4) is 0 Å². The first kappa shape index (κ1) is 15.8. The van der Waals surface area contributed by atoms with Crippen LogP contribution in [0.15, 0.2) is 17.0 Å². The third-order valence-electron chi connectivity index (χ3n) is 1.62. The van der Waals surface area contributed by atoms with Crippen molar-refractivity contribution in [3.63, 3.8) is 0 Å². The first-order valence-corrected chi connectivity index (χ1v) is 4.99. The van der Waals surface area contributed by atoms with Crippen molar-refractivity contribution >= 4 is 21.8 Å². The number of nitrogen functional groups attached to an aromatic ring is 1. The van der Waals surface area contributed by atoms with Crippen molar-refractivity contribution in [3.05, 3.63) is 17.7 Å². The van der Waals surface area contributed by atoms with E-state index < -0.39 is 38.0 Å². The monoisotopic (exact) mass is 271 g/mol. The number of aromatic carboxylic acids is 1. The van der Waals surface area contributed by atoms with E-state index in [4.69, 9.17) is 15.4 Å². The molecule has 1 aromatic rings. The molecular formula is C7H6KNO6S. The second-order valence-corrected chi connectivity index (χ2v) is 4.09. The van der Waals surface area contributed by atoms with Gasteiger partial charge in [0.1, 0.15) is 0 Å². The standard InChI is InChI=1S/C7H7NO6S.K/c8-5-2-3(15(12,13)14)1-4(6(5)9)7(10)11;/h1-2,9H,8H2,(H,10,11)(H,12,13,14);/q;+1/p-1. The van der Waals surface area contributed by atoms with Crippen LogP contribution < -0.4 is 62.2 Å². The van der Waals surface area contributed by atoms with E-state index in [9.17, 15) is 18.3 Å². The summed E-state index contributed by atoms with van der Waals surface area (Å²) in [7, 11) is -4.58. The fourth-order valence-electron chi connectivity index (χ4n) is 0.932. The zero-order chi connectivity index (χ0) is 11.8. The fraction of sp³-hybridized carbons (Fsp3) is 0. The molecule has 0 unspecified atom stereocenters. The Labute approximate surface area is 133 Å². The summed E-state index contributed by atoms with van der Waals surface area (Å²) >= 11 is 0. The van der Waals surface area contributed by atoms with Gasteiger partial charge >= 0.3 is 57.4 Å².